The first kappa shape index (κ1) is 39.4. The van der Waals surface area contributed by atoms with Crippen LogP contribution in [0.4, 0.5) is 28.4 Å². The average Bonchev–Trinajstić information content (AvgIpc) is 3.20. The van der Waals surface area contributed by atoms with Crippen LogP contribution in [0.1, 0.15) is 74.0 Å². The van der Waals surface area contributed by atoms with Gasteiger partial charge in [0.1, 0.15) is 0 Å². The molecule has 2 aliphatic rings. The first-order valence-corrected chi connectivity index (χ1v) is 19.0. The van der Waals surface area contributed by atoms with Gasteiger partial charge in [0.05, 0.1) is 35.1 Å². The van der Waals surface area contributed by atoms with E-state index in [4.69, 9.17) is 15.2 Å². The molecule has 0 aromatic heterocycles. The minimum Gasteiger partial charge on any atom is -0.397 e. The van der Waals surface area contributed by atoms with Crippen LogP contribution in [0.15, 0.2) is 97.1 Å². The Morgan fingerprint density at radius 3 is 2.05 bits per heavy atom. The Morgan fingerprint density at radius 2 is 1.42 bits per heavy atom. The van der Waals surface area contributed by atoms with Crippen LogP contribution in [0.5, 0.6) is 0 Å². The first-order chi connectivity index (χ1) is 26.7. The molecule has 13 nitrogen and oxygen atoms in total. The predicted molar refractivity (Wildman–Crippen MR) is 212 cm³/mol. The van der Waals surface area contributed by atoms with Crippen molar-refractivity contribution in [3.8, 4) is 0 Å². The number of nitrogen functional groups attached to an aromatic ring is 1. The summed E-state index contributed by atoms with van der Waals surface area (Å²) in [6, 6.07) is 29.3. The number of carbonyl (C=O) groups is 2. The SMILES string of the molecule is Nc1ccccc1NC(=O)CCCCCCC(=O)Nc1ccc([C@H]2O[C@@H](CN3CCN(c4ccc([N+](=O)[O-])cc4)CC3)C[C@@H](c3ccc(CO)cc3)O2)cc1. The molecule has 2 heterocycles. The molecule has 4 aromatic carbocycles. The van der Waals surface area contributed by atoms with E-state index in [1.54, 1.807) is 36.4 Å². The molecule has 2 amide bonds. The maximum atomic E-state index is 12.7. The highest BCUT2D eigenvalue weighted by Gasteiger charge is 2.34. The number of anilines is 4. The number of unbranched alkanes of at least 4 members (excludes halogenated alkanes) is 3. The number of amides is 2. The summed E-state index contributed by atoms with van der Waals surface area (Å²) in [5, 5.41) is 26.5. The zero-order valence-corrected chi connectivity index (χ0v) is 31.0. The van der Waals surface area contributed by atoms with Gasteiger partial charge in [0, 0.05) is 81.1 Å². The maximum absolute atomic E-state index is 12.7. The van der Waals surface area contributed by atoms with Gasteiger partial charge < -0.3 is 35.8 Å². The number of rotatable bonds is 16. The minimum absolute atomic E-state index is 0.0267. The van der Waals surface area contributed by atoms with E-state index in [9.17, 15) is 24.8 Å². The van der Waals surface area contributed by atoms with Crippen LogP contribution in [0, 0.1) is 10.1 Å². The summed E-state index contributed by atoms with van der Waals surface area (Å²) in [7, 11) is 0. The number of nitro benzene ring substituents is 1. The number of piperazine rings is 1. The lowest BCUT2D eigenvalue weighted by molar-refractivity contribution is -0.384. The van der Waals surface area contributed by atoms with Crippen molar-refractivity contribution in [2.24, 2.45) is 0 Å². The molecule has 2 fully saturated rings. The van der Waals surface area contributed by atoms with Crippen molar-refractivity contribution in [1.82, 2.24) is 4.90 Å². The van der Waals surface area contributed by atoms with E-state index >= 15 is 0 Å². The number of benzene rings is 4. The number of nitro groups is 1. The number of nitrogens with two attached hydrogens (primary N) is 1. The highest BCUT2D eigenvalue weighted by molar-refractivity contribution is 5.93. The van der Waals surface area contributed by atoms with Crippen molar-refractivity contribution >= 4 is 40.3 Å². The molecule has 0 bridgehead atoms. The lowest BCUT2D eigenvalue weighted by Crippen LogP contribution is -2.49. The fourth-order valence-electron chi connectivity index (χ4n) is 6.99. The number of non-ortho nitro benzene ring substituents is 1. The Labute approximate surface area is 321 Å². The lowest BCUT2D eigenvalue weighted by Gasteiger charge is -2.41. The van der Waals surface area contributed by atoms with Gasteiger partial charge in [-0.25, -0.2) is 0 Å². The molecule has 6 rings (SSSR count). The summed E-state index contributed by atoms with van der Waals surface area (Å²) in [6.45, 7) is 3.95. The van der Waals surface area contributed by atoms with Crippen LogP contribution in [0.25, 0.3) is 0 Å². The van der Waals surface area contributed by atoms with E-state index in [-0.39, 0.29) is 41.2 Å². The van der Waals surface area contributed by atoms with Gasteiger partial charge in [-0.05, 0) is 60.4 Å². The molecule has 55 heavy (non-hydrogen) atoms. The molecule has 13 heteroatoms. The number of carbonyl (C=O) groups excluding carboxylic acids is 2. The molecular formula is C42H50N6O7. The number of ether oxygens (including phenoxy) is 2. The van der Waals surface area contributed by atoms with Crippen molar-refractivity contribution in [3.63, 3.8) is 0 Å². The zero-order valence-electron chi connectivity index (χ0n) is 31.0. The van der Waals surface area contributed by atoms with Crippen molar-refractivity contribution in [2.75, 3.05) is 54.0 Å². The molecule has 5 N–H and O–H groups in total. The van der Waals surface area contributed by atoms with E-state index < -0.39 is 6.29 Å². The standard InChI is InChI=1S/C42H50N6O7/c43-37-7-5-6-8-38(37)45-41(51)10-4-2-1-3-9-40(50)44-33-17-15-32(16-18-33)42-54-36(27-39(55-42)31-13-11-30(29-49)12-14-31)28-46-23-25-47(26-24-46)34-19-21-35(22-20-34)48(52)53/h5-8,11-22,36,39,42,49H,1-4,9-10,23-29,43H2,(H,44,50)(H,45,51)/t36-,39+,42+/m1/s1. The molecule has 290 valence electrons. The summed E-state index contributed by atoms with van der Waals surface area (Å²) in [5.41, 5.74) is 11.5. The molecule has 4 aromatic rings. The van der Waals surface area contributed by atoms with Gasteiger partial charge in [-0.15, -0.1) is 0 Å². The summed E-state index contributed by atoms with van der Waals surface area (Å²) in [4.78, 5) is 40.3. The number of aliphatic hydroxyl groups is 1. The zero-order chi connectivity index (χ0) is 38.6. The molecule has 3 atom stereocenters. The van der Waals surface area contributed by atoms with Crippen LogP contribution in [0.3, 0.4) is 0 Å². The van der Waals surface area contributed by atoms with Crippen LogP contribution in [-0.4, -0.2) is 65.6 Å². The second kappa shape index (κ2) is 19.3. The molecule has 0 radical (unpaired) electrons. The number of nitrogens with zero attached hydrogens (tertiary/aromatic N) is 3. The van der Waals surface area contributed by atoms with Crippen molar-refractivity contribution in [1.29, 1.82) is 0 Å². The number of aliphatic hydroxyl groups excluding tert-OH is 1. The van der Waals surface area contributed by atoms with Gasteiger partial charge in [0.15, 0.2) is 6.29 Å². The van der Waals surface area contributed by atoms with Gasteiger partial charge >= 0.3 is 0 Å². The quantitative estimate of drug-likeness (QED) is 0.0406. The minimum atomic E-state index is -0.612. The fraction of sp³-hybridized carbons (Fsp3) is 0.381. The molecule has 0 unspecified atom stereocenters. The number of hydrogen-bond acceptors (Lipinski definition) is 10. The highest BCUT2D eigenvalue weighted by atomic mass is 16.7. The Balaban J connectivity index is 0.977. The predicted octanol–water partition coefficient (Wildman–Crippen LogP) is 6.95. The van der Waals surface area contributed by atoms with Gasteiger partial charge in [-0.3, -0.25) is 24.6 Å². The molecule has 2 aliphatic heterocycles. The Bertz CT molecular complexity index is 1860. The lowest BCUT2D eigenvalue weighted by atomic mass is 9.99. The third kappa shape index (κ3) is 11.3. The molecule has 0 aliphatic carbocycles. The number of hydrogen-bond donors (Lipinski definition) is 4. The van der Waals surface area contributed by atoms with Crippen molar-refractivity contribution in [3.05, 3.63) is 124 Å². The molecule has 2 saturated heterocycles. The smallest absolute Gasteiger partial charge is 0.269 e. The van der Waals surface area contributed by atoms with E-state index in [2.05, 4.69) is 20.4 Å². The van der Waals surface area contributed by atoms with Gasteiger partial charge in [0.25, 0.3) is 5.69 Å². The Kier molecular flexibility index (Phi) is 13.8. The normalized spacial score (nSPS) is 18.8. The van der Waals surface area contributed by atoms with Gasteiger partial charge in [-0.2, -0.15) is 0 Å². The summed E-state index contributed by atoms with van der Waals surface area (Å²) in [5.74, 6) is -0.127. The van der Waals surface area contributed by atoms with Crippen molar-refractivity contribution in [2.45, 2.75) is 70.1 Å². The third-order valence-corrected chi connectivity index (χ3v) is 10.1. The van der Waals surface area contributed by atoms with Crippen LogP contribution < -0.4 is 21.3 Å². The van der Waals surface area contributed by atoms with E-state index in [0.717, 1.165) is 80.8 Å². The highest BCUT2D eigenvalue weighted by Crippen LogP contribution is 2.38. The third-order valence-electron chi connectivity index (χ3n) is 10.1. The molecular weight excluding hydrogens is 700 g/mol. The Morgan fingerprint density at radius 1 is 0.782 bits per heavy atom. The van der Waals surface area contributed by atoms with E-state index in [1.165, 1.54) is 0 Å². The summed E-state index contributed by atoms with van der Waals surface area (Å²) < 4.78 is 13.1. The van der Waals surface area contributed by atoms with Crippen LogP contribution in [0.2, 0.25) is 0 Å². The Hall–Kier alpha value is -5.34. The topological polar surface area (TPSA) is 173 Å². The maximum Gasteiger partial charge on any atom is 0.269 e. The summed E-state index contributed by atoms with van der Waals surface area (Å²) in [6.07, 6.45) is 3.71. The largest absolute Gasteiger partial charge is 0.397 e. The summed E-state index contributed by atoms with van der Waals surface area (Å²) >= 11 is 0. The second-order valence-corrected chi connectivity index (χ2v) is 14.1. The van der Waals surface area contributed by atoms with E-state index in [1.807, 2.05) is 60.7 Å². The second-order valence-electron chi connectivity index (χ2n) is 14.1. The van der Waals surface area contributed by atoms with Crippen molar-refractivity contribution < 1.29 is 29.1 Å². The number of para-hydroxylation sites is 2. The van der Waals surface area contributed by atoms with Gasteiger partial charge in [0.2, 0.25) is 11.8 Å². The van der Waals surface area contributed by atoms with E-state index in [0.29, 0.717) is 36.3 Å². The van der Waals surface area contributed by atoms with Gasteiger partial charge in [-0.1, -0.05) is 61.4 Å². The molecule has 0 saturated carbocycles. The number of nitrogens with one attached hydrogen (secondary N) is 2. The first-order valence-electron chi connectivity index (χ1n) is 19.0. The van der Waals surface area contributed by atoms with Crippen LogP contribution in [-0.2, 0) is 25.7 Å². The molecule has 0 spiro atoms. The fourth-order valence-corrected chi connectivity index (χ4v) is 6.99. The average molecular weight is 751 g/mol. The van der Waals surface area contributed by atoms with Crippen LogP contribution >= 0.6 is 0 Å². The monoisotopic (exact) mass is 750 g/mol.